The first-order chi connectivity index (χ1) is 8.97. The smallest absolute Gasteiger partial charge is 0.268 e. The third-order valence-electron chi connectivity index (χ3n) is 2.96. The van der Waals surface area contributed by atoms with E-state index in [9.17, 15) is 4.79 Å². The lowest BCUT2D eigenvalue weighted by Gasteiger charge is -2.14. The second-order valence-electron chi connectivity index (χ2n) is 4.52. The predicted molar refractivity (Wildman–Crippen MR) is 77.2 cm³/mol. The Morgan fingerprint density at radius 3 is 2.74 bits per heavy atom. The highest BCUT2D eigenvalue weighted by atomic mass is 35.5. The first-order valence-corrected chi connectivity index (χ1v) is 6.33. The number of hydrogen-bond acceptors (Lipinski definition) is 2. The van der Waals surface area contributed by atoms with Crippen LogP contribution in [0.25, 0.3) is 0 Å². The number of aryl methyl sites for hydroxylation is 1. The summed E-state index contributed by atoms with van der Waals surface area (Å²) in [6.45, 7) is 1.91. The number of aromatic nitrogens is 1. The van der Waals surface area contributed by atoms with Gasteiger partial charge in [0.25, 0.3) is 5.91 Å². The summed E-state index contributed by atoms with van der Waals surface area (Å²) in [6.07, 6.45) is 1.71. The van der Waals surface area contributed by atoms with Crippen LogP contribution in [-0.2, 0) is 7.05 Å². The van der Waals surface area contributed by atoms with Crippen LogP contribution in [0.3, 0.4) is 0 Å². The summed E-state index contributed by atoms with van der Waals surface area (Å²) < 4.78 is 1.70. The number of carbonyl (C=O) groups excluding carboxylic acids is 1. The Kier molecular flexibility index (Phi) is 3.81. The Bertz CT molecular complexity index is 606. The monoisotopic (exact) mass is 277 g/mol. The van der Waals surface area contributed by atoms with Crippen LogP contribution in [0, 0.1) is 0 Å². The highest BCUT2D eigenvalue weighted by molar-refractivity contribution is 6.30. The molecule has 0 saturated heterocycles. The van der Waals surface area contributed by atoms with Crippen LogP contribution >= 0.6 is 11.6 Å². The topological polar surface area (TPSA) is 60.1 Å². The quantitative estimate of drug-likeness (QED) is 0.906. The summed E-state index contributed by atoms with van der Waals surface area (Å²) in [7, 11) is 1.79. The van der Waals surface area contributed by atoms with E-state index >= 15 is 0 Å². The van der Waals surface area contributed by atoms with E-state index in [0.717, 1.165) is 5.56 Å². The van der Waals surface area contributed by atoms with E-state index in [1.165, 1.54) is 0 Å². The van der Waals surface area contributed by atoms with Gasteiger partial charge >= 0.3 is 0 Å². The van der Waals surface area contributed by atoms with Crippen molar-refractivity contribution in [1.29, 1.82) is 0 Å². The van der Waals surface area contributed by atoms with Crippen molar-refractivity contribution in [3.05, 3.63) is 52.8 Å². The van der Waals surface area contributed by atoms with E-state index in [1.807, 2.05) is 25.1 Å². The maximum absolute atomic E-state index is 12.1. The van der Waals surface area contributed by atoms with Crippen LogP contribution in [0.5, 0.6) is 0 Å². The standard InChI is InChI=1S/C14H16ClN3O/c1-9(10-4-3-5-11(15)6-10)17-14(19)13-7-12(16)8-18(13)2/h3-9H,16H2,1-2H3,(H,17,19). The number of hydrogen-bond donors (Lipinski definition) is 2. The fraction of sp³-hybridized carbons (Fsp3) is 0.214. The van der Waals surface area contributed by atoms with Gasteiger partial charge in [-0.3, -0.25) is 4.79 Å². The van der Waals surface area contributed by atoms with E-state index in [4.69, 9.17) is 17.3 Å². The molecule has 1 heterocycles. The average molecular weight is 278 g/mol. The molecule has 3 N–H and O–H groups in total. The number of carbonyl (C=O) groups is 1. The van der Waals surface area contributed by atoms with Crippen LogP contribution in [0.1, 0.15) is 29.0 Å². The van der Waals surface area contributed by atoms with Crippen molar-refractivity contribution < 1.29 is 4.79 Å². The summed E-state index contributed by atoms with van der Waals surface area (Å²) in [6, 6.07) is 8.96. The molecule has 0 fully saturated rings. The SMILES string of the molecule is CC(NC(=O)c1cc(N)cn1C)c1cccc(Cl)c1. The summed E-state index contributed by atoms with van der Waals surface area (Å²) in [4.78, 5) is 12.1. The number of nitrogens with zero attached hydrogens (tertiary/aromatic N) is 1. The van der Waals surface area contributed by atoms with Crippen molar-refractivity contribution in [2.75, 3.05) is 5.73 Å². The van der Waals surface area contributed by atoms with Crippen LogP contribution < -0.4 is 11.1 Å². The summed E-state index contributed by atoms with van der Waals surface area (Å²) in [5.41, 5.74) is 7.73. The molecule has 0 spiro atoms. The van der Waals surface area contributed by atoms with Gasteiger partial charge < -0.3 is 15.6 Å². The molecule has 1 atom stereocenters. The minimum Gasteiger partial charge on any atom is -0.397 e. The van der Waals surface area contributed by atoms with Gasteiger partial charge in [-0.15, -0.1) is 0 Å². The molecule has 1 aromatic carbocycles. The Morgan fingerprint density at radius 2 is 2.16 bits per heavy atom. The van der Waals surface area contributed by atoms with Crippen LogP contribution in [0.4, 0.5) is 5.69 Å². The number of nitrogens with one attached hydrogen (secondary N) is 1. The minimum atomic E-state index is -0.160. The summed E-state index contributed by atoms with van der Waals surface area (Å²) in [5.74, 6) is -0.160. The molecule has 1 unspecified atom stereocenters. The largest absolute Gasteiger partial charge is 0.397 e. The fourth-order valence-electron chi connectivity index (χ4n) is 1.95. The number of nitrogen functional groups attached to an aromatic ring is 1. The van der Waals surface area contributed by atoms with Crippen LogP contribution in [0.15, 0.2) is 36.5 Å². The van der Waals surface area contributed by atoms with Crippen molar-refractivity contribution in [1.82, 2.24) is 9.88 Å². The number of benzene rings is 1. The van der Waals surface area contributed by atoms with E-state index in [-0.39, 0.29) is 11.9 Å². The minimum absolute atomic E-state index is 0.123. The maximum atomic E-state index is 12.1. The molecule has 2 rings (SSSR count). The molecule has 0 aliphatic carbocycles. The Labute approximate surface area is 117 Å². The normalized spacial score (nSPS) is 12.2. The molecule has 2 aromatic rings. The highest BCUT2D eigenvalue weighted by Gasteiger charge is 2.14. The first-order valence-electron chi connectivity index (χ1n) is 5.95. The van der Waals surface area contributed by atoms with Gasteiger partial charge in [0.15, 0.2) is 0 Å². The zero-order valence-corrected chi connectivity index (χ0v) is 11.6. The van der Waals surface area contributed by atoms with Gasteiger partial charge in [-0.25, -0.2) is 0 Å². The highest BCUT2D eigenvalue weighted by Crippen LogP contribution is 2.18. The van der Waals surface area contributed by atoms with E-state index in [2.05, 4.69) is 5.32 Å². The number of anilines is 1. The van der Waals surface area contributed by atoms with Gasteiger partial charge in [-0.05, 0) is 30.7 Å². The van der Waals surface area contributed by atoms with E-state index < -0.39 is 0 Å². The Hall–Kier alpha value is -1.94. The Morgan fingerprint density at radius 1 is 1.42 bits per heavy atom. The van der Waals surface area contributed by atoms with Crippen LogP contribution in [0.2, 0.25) is 5.02 Å². The molecule has 100 valence electrons. The number of amides is 1. The third-order valence-corrected chi connectivity index (χ3v) is 3.19. The van der Waals surface area contributed by atoms with Gasteiger partial charge in [0.1, 0.15) is 5.69 Å². The molecule has 1 aromatic heterocycles. The zero-order valence-electron chi connectivity index (χ0n) is 10.9. The number of nitrogens with two attached hydrogens (primary N) is 1. The van der Waals surface area contributed by atoms with Gasteiger partial charge in [0.05, 0.1) is 11.7 Å². The van der Waals surface area contributed by atoms with E-state index in [1.54, 1.807) is 29.9 Å². The Balaban J connectivity index is 2.13. The molecule has 0 saturated carbocycles. The second kappa shape index (κ2) is 5.36. The molecule has 4 nitrogen and oxygen atoms in total. The molecular formula is C14H16ClN3O. The van der Waals surface area contributed by atoms with Gasteiger partial charge in [-0.1, -0.05) is 23.7 Å². The van der Waals surface area contributed by atoms with Gasteiger partial charge in [0.2, 0.25) is 0 Å². The fourth-order valence-corrected chi connectivity index (χ4v) is 2.14. The number of halogens is 1. The molecule has 0 aliphatic rings. The number of rotatable bonds is 3. The molecule has 19 heavy (non-hydrogen) atoms. The van der Waals surface area contributed by atoms with Crippen molar-refractivity contribution >= 4 is 23.2 Å². The average Bonchev–Trinajstić information content (AvgIpc) is 2.68. The third kappa shape index (κ3) is 3.09. The first kappa shape index (κ1) is 13.5. The lowest BCUT2D eigenvalue weighted by Crippen LogP contribution is -2.28. The van der Waals surface area contributed by atoms with E-state index in [0.29, 0.717) is 16.4 Å². The van der Waals surface area contributed by atoms with Crippen molar-refractivity contribution in [3.63, 3.8) is 0 Å². The zero-order chi connectivity index (χ0) is 14.0. The van der Waals surface area contributed by atoms with Gasteiger partial charge in [-0.2, -0.15) is 0 Å². The van der Waals surface area contributed by atoms with Crippen molar-refractivity contribution in [2.45, 2.75) is 13.0 Å². The summed E-state index contributed by atoms with van der Waals surface area (Å²) in [5, 5.41) is 3.57. The van der Waals surface area contributed by atoms with Crippen LogP contribution in [-0.4, -0.2) is 10.5 Å². The molecule has 0 radical (unpaired) electrons. The molecule has 0 aliphatic heterocycles. The van der Waals surface area contributed by atoms with Crippen molar-refractivity contribution in [2.24, 2.45) is 7.05 Å². The van der Waals surface area contributed by atoms with Gasteiger partial charge in [0, 0.05) is 18.3 Å². The second-order valence-corrected chi connectivity index (χ2v) is 4.96. The molecule has 5 heteroatoms. The molecular weight excluding hydrogens is 262 g/mol. The molecule has 0 bridgehead atoms. The summed E-state index contributed by atoms with van der Waals surface area (Å²) >= 11 is 5.94. The maximum Gasteiger partial charge on any atom is 0.268 e. The lowest BCUT2D eigenvalue weighted by atomic mass is 10.1. The molecule has 1 amide bonds. The van der Waals surface area contributed by atoms with Crippen molar-refractivity contribution in [3.8, 4) is 0 Å². The predicted octanol–water partition coefficient (Wildman–Crippen LogP) is 2.75. The lowest BCUT2D eigenvalue weighted by molar-refractivity contribution is 0.0931.